The molecule has 1 aliphatic heterocycles. The predicted octanol–water partition coefficient (Wildman–Crippen LogP) is 7.73. The molecule has 244 valence electrons. The van der Waals surface area contributed by atoms with Gasteiger partial charge in [0.2, 0.25) is 0 Å². The third-order valence-corrected chi connectivity index (χ3v) is 10.0. The molecular formula is C36H37Cl2N5O4. The summed E-state index contributed by atoms with van der Waals surface area (Å²) in [5.74, 6) is -0.382. The summed E-state index contributed by atoms with van der Waals surface area (Å²) < 4.78 is 10.1. The minimum atomic E-state index is -1.04. The fourth-order valence-electron chi connectivity index (χ4n) is 6.72. The lowest BCUT2D eigenvalue weighted by Gasteiger charge is -2.35. The molecule has 0 aliphatic carbocycles. The molecule has 1 aliphatic rings. The number of pyridine rings is 1. The van der Waals surface area contributed by atoms with Gasteiger partial charge >= 0.3 is 5.97 Å². The molecule has 11 heteroatoms. The largest absolute Gasteiger partial charge is 0.494 e. The molecule has 0 saturated carbocycles. The van der Waals surface area contributed by atoms with Crippen LogP contribution in [-0.4, -0.2) is 53.9 Å². The van der Waals surface area contributed by atoms with Gasteiger partial charge in [-0.2, -0.15) is 5.10 Å². The summed E-state index contributed by atoms with van der Waals surface area (Å²) in [6, 6.07) is 10.8. The topological polar surface area (TPSA) is 102 Å². The van der Waals surface area contributed by atoms with Gasteiger partial charge in [-0.25, -0.2) is 4.79 Å². The van der Waals surface area contributed by atoms with E-state index in [-0.39, 0.29) is 24.1 Å². The summed E-state index contributed by atoms with van der Waals surface area (Å²) in [5.41, 5.74) is 8.85. The number of halogens is 2. The Morgan fingerprint density at radius 2 is 1.79 bits per heavy atom. The first-order valence-electron chi connectivity index (χ1n) is 15.6. The van der Waals surface area contributed by atoms with Gasteiger partial charge in [0.15, 0.2) is 0 Å². The number of hydrogen-bond acceptors (Lipinski definition) is 5. The summed E-state index contributed by atoms with van der Waals surface area (Å²) in [6.07, 6.45) is 2.61. The molecule has 0 bridgehead atoms. The van der Waals surface area contributed by atoms with Crippen molar-refractivity contribution >= 4 is 46.0 Å². The van der Waals surface area contributed by atoms with Gasteiger partial charge in [-0.05, 0) is 94.5 Å². The fourth-order valence-corrected chi connectivity index (χ4v) is 7.08. The van der Waals surface area contributed by atoms with E-state index in [1.165, 1.54) is 12.3 Å². The number of aromatic nitrogens is 4. The Kier molecular flexibility index (Phi) is 8.80. The highest BCUT2D eigenvalue weighted by Gasteiger charge is 2.36. The Morgan fingerprint density at radius 3 is 2.40 bits per heavy atom. The molecule has 6 rings (SSSR count). The number of benzene rings is 2. The van der Waals surface area contributed by atoms with Crippen molar-refractivity contribution in [2.24, 2.45) is 7.05 Å². The maximum Gasteiger partial charge on any atom is 0.337 e. The van der Waals surface area contributed by atoms with Crippen LogP contribution in [0.4, 0.5) is 0 Å². The van der Waals surface area contributed by atoms with Crippen molar-refractivity contribution in [1.82, 2.24) is 24.2 Å². The average molecular weight is 675 g/mol. The first-order chi connectivity index (χ1) is 22.4. The number of carbonyl (C=O) groups is 2. The molecule has 1 N–H and O–H groups in total. The van der Waals surface area contributed by atoms with Gasteiger partial charge in [-0.15, -0.1) is 0 Å². The van der Waals surface area contributed by atoms with Crippen LogP contribution < -0.4 is 4.74 Å². The molecule has 5 aromatic rings. The van der Waals surface area contributed by atoms with Gasteiger partial charge in [0.25, 0.3) is 5.91 Å². The van der Waals surface area contributed by atoms with E-state index in [1.807, 2.05) is 75.5 Å². The molecule has 2 aromatic carbocycles. The third-order valence-electron chi connectivity index (χ3n) is 9.13. The van der Waals surface area contributed by atoms with Crippen molar-refractivity contribution in [1.29, 1.82) is 0 Å². The molecule has 47 heavy (non-hydrogen) atoms. The zero-order valence-corrected chi connectivity index (χ0v) is 28.8. The zero-order chi connectivity index (χ0) is 33.7. The van der Waals surface area contributed by atoms with Crippen molar-refractivity contribution in [3.8, 4) is 16.9 Å². The fraction of sp³-hybridized carbons (Fsp3) is 0.333. The summed E-state index contributed by atoms with van der Waals surface area (Å²) >= 11 is 13.4. The summed E-state index contributed by atoms with van der Waals surface area (Å²) in [7, 11) is 1.92. The molecule has 0 unspecified atom stereocenters. The average Bonchev–Trinajstić information content (AvgIpc) is 3.47. The monoisotopic (exact) mass is 673 g/mol. The molecule has 1 atom stereocenters. The molecule has 0 spiro atoms. The van der Waals surface area contributed by atoms with E-state index >= 15 is 0 Å². The van der Waals surface area contributed by atoms with Gasteiger partial charge in [-0.3, -0.25) is 14.5 Å². The molecule has 3 aromatic heterocycles. The SMILES string of the molecule is Cc1cc(OCCCc2c3n(c4c(-c5c(C)nn(C)c5C)c(Cl)ccc24)C[C@@H](C)N(Cc2ccc(C(=O)O)cn2)C3=O)cc(C)c1Cl. The quantitative estimate of drug-likeness (QED) is 0.161. The van der Waals surface area contributed by atoms with Gasteiger partial charge in [-0.1, -0.05) is 29.3 Å². The number of rotatable bonds is 9. The number of fused-ring (bicyclic) bond motifs is 3. The smallest absolute Gasteiger partial charge is 0.337 e. The number of nitrogens with zero attached hydrogens (tertiary/aromatic N) is 5. The third kappa shape index (κ3) is 5.87. The zero-order valence-electron chi connectivity index (χ0n) is 27.3. The van der Waals surface area contributed by atoms with Crippen molar-refractivity contribution in [2.75, 3.05) is 6.61 Å². The Hall–Kier alpha value is -4.34. The maximum absolute atomic E-state index is 14.5. The van der Waals surface area contributed by atoms with Crippen molar-refractivity contribution in [2.45, 2.75) is 66.6 Å². The second-order valence-electron chi connectivity index (χ2n) is 12.4. The van der Waals surface area contributed by atoms with Crippen LogP contribution in [0.25, 0.3) is 22.0 Å². The number of ether oxygens (including phenoxy) is 1. The standard InChI is InChI=1S/C36H37Cl2N5O4/c1-19-14-26(15-20(2)32(19)38)47-13-7-8-27-28-11-12-29(37)31(30-22(4)40-41(6)23(30)5)33(28)43-17-21(3)42(35(44)34(27)43)18-25-10-9-24(16-39-25)36(45)46/h9-12,14-16,21H,7-8,13,17-18H2,1-6H3,(H,45,46)/t21-/m1/s1. The van der Waals surface area contributed by atoms with Gasteiger partial charge in [0.05, 0.1) is 40.6 Å². The number of carboxylic acids is 1. The first-order valence-corrected chi connectivity index (χ1v) is 16.4. The van der Waals surface area contributed by atoms with E-state index in [0.717, 1.165) is 60.9 Å². The Balaban J connectivity index is 1.42. The molecule has 4 heterocycles. The summed E-state index contributed by atoms with van der Waals surface area (Å²) in [5, 5.41) is 16.3. The van der Waals surface area contributed by atoms with E-state index in [0.29, 0.717) is 42.4 Å². The number of amides is 1. The minimum Gasteiger partial charge on any atom is -0.494 e. The van der Waals surface area contributed by atoms with Crippen molar-refractivity contribution in [3.05, 3.63) is 97.7 Å². The Bertz CT molecular complexity index is 2020. The highest BCUT2D eigenvalue weighted by Crippen LogP contribution is 2.43. The van der Waals surface area contributed by atoms with Crippen LogP contribution in [0, 0.1) is 27.7 Å². The molecular weight excluding hydrogens is 637 g/mol. The summed E-state index contributed by atoms with van der Waals surface area (Å²) in [6.45, 7) is 11.2. The van der Waals surface area contributed by atoms with Gasteiger partial charge in [0.1, 0.15) is 11.4 Å². The number of carbonyl (C=O) groups excluding carboxylic acids is 1. The predicted molar refractivity (Wildman–Crippen MR) is 184 cm³/mol. The van der Waals surface area contributed by atoms with Crippen LogP contribution in [0.3, 0.4) is 0 Å². The second kappa shape index (κ2) is 12.7. The number of aryl methyl sites for hydroxylation is 5. The minimum absolute atomic E-state index is 0.103. The highest BCUT2D eigenvalue weighted by molar-refractivity contribution is 6.35. The normalized spacial score (nSPS) is 14.6. The van der Waals surface area contributed by atoms with Gasteiger partial charge < -0.3 is 19.3 Å². The molecule has 1 amide bonds. The lowest BCUT2D eigenvalue weighted by molar-refractivity contribution is 0.0592. The van der Waals surface area contributed by atoms with E-state index in [9.17, 15) is 14.7 Å². The highest BCUT2D eigenvalue weighted by atomic mass is 35.5. The Labute approximate surface area is 283 Å². The summed E-state index contributed by atoms with van der Waals surface area (Å²) in [4.78, 5) is 32.0. The number of carboxylic acid groups (broad SMARTS) is 1. The van der Waals surface area contributed by atoms with Crippen molar-refractivity contribution in [3.63, 3.8) is 0 Å². The lowest BCUT2D eigenvalue weighted by Crippen LogP contribution is -2.46. The molecule has 0 fully saturated rings. The van der Waals surface area contributed by atoms with Crippen LogP contribution in [0.5, 0.6) is 5.75 Å². The van der Waals surface area contributed by atoms with E-state index < -0.39 is 5.97 Å². The van der Waals surface area contributed by atoms with E-state index in [1.54, 1.807) is 6.07 Å². The Morgan fingerprint density at radius 1 is 1.06 bits per heavy atom. The number of hydrogen-bond donors (Lipinski definition) is 1. The molecule has 0 saturated heterocycles. The van der Waals surface area contributed by atoms with Crippen molar-refractivity contribution < 1.29 is 19.4 Å². The van der Waals surface area contributed by atoms with Crippen LogP contribution >= 0.6 is 23.2 Å². The number of aromatic carboxylic acids is 1. The maximum atomic E-state index is 14.5. The van der Waals surface area contributed by atoms with Crippen LogP contribution in [0.15, 0.2) is 42.6 Å². The van der Waals surface area contributed by atoms with Crippen LogP contribution in [-0.2, 0) is 26.6 Å². The van der Waals surface area contributed by atoms with E-state index in [4.69, 9.17) is 27.9 Å². The van der Waals surface area contributed by atoms with E-state index in [2.05, 4.69) is 14.6 Å². The van der Waals surface area contributed by atoms with Crippen LogP contribution in [0.1, 0.15) is 68.0 Å². The second-order valence-corrected chi connectivity index (χ2v) is 13.2. The molecule has 9 nitrogen and oxygen atoms in total. The molecule has 0 radical (unpaired) electrons. The first kappa shape index (κ1) is 32.6. The van der Waals surface area contributed by atoms with Crippen LogP contribution in [0.2, 0.25) is 10.0 Å². The van der Waals surface area contributed by atoms with Gasteiger partial charge in [0, 0.05) is 53.1 Å². The lowest BCUT2D eigenvalue weighted by atomic mass is 9.98.